The third kappa shape index (κ3) is 3.20. The molecule has 0 aromatic heterocycles. The second-order valence-electron chi connectivity index (χ2n) is 6.36. The van der Waals surface area contributed by atoms with E-state index in [0.29, 0.717) is 31.2 Å². The van der Waals surface area contributed by atoms with E-state index in [4.69, 9.17) is 14.2 Å². The van der Waals surface area contributed by atoms with Gasteiger partial charge in [-0.15, -0.1) is 0 Å². The molecule has 3 unspecified atom stereocenters. The number of hydrogen-bond donors (Lipinski definition) is 0. The summed E-state index contributed by atoms with van der Waals surface area (Å²) < 4.78 is 17.7. The van der Waals surface area contributed by atoms with E-state index < -0.39 is 6.10 Å². The van der Waals surface area contributed by atoms with Crippen LogP contribution in [0.25, 0.3) is 0 Å². The minimum atomic E-state index is -0.635. The summed E-state index contributed by atoms with van der Waals surface area (Å²) >= 11 is 0. The molecule has 2 aromatic rings. The van der Waals surface area contributed by atoms with Crippen molar-refractivity contribution in [3.05, 3.63) is 60.2 Å². The van der Waals surface area contributed by atoms with Crippen LogP contribution in [-0.2, 0) is 9.53 Å². The van der Waals surface area contributed by atoms with Crippen molar-refractivity contribution in [1.29, 1.82) is 0 Å². The number of hydrogen-bond acceptors (Lipinski definition) is 4. The summed E-state index contributed by atoms with van der Waals surface area (Å²) in [4.78, 5) is 14.8. The fourth-order valence-corrected chi connectivity index (χ4v) is 3.29. The Labute approximate surface area is 147 Å². The predicted octanol–water partition coefficient (Wildman–Crippen LogP) is 2.82. The van der Waals surface area contributed by atoms with E-state index >= 15 is 0 Å². The summed E-state index contributed by atoms with van der Waals surface area (Å²) in [6.45, 7) is 3.48. The minimum absolute atomic E-state index is 0.0498. The molecule has 2 aliphatic rings. The Hall–Kier alpha value is -2.53. The van der Waals surface area contributed by atoms with Crippen LogP contribution in [0.3, 0.4) is 0 Å². The minimum Gasteiger partial charge on any atom is -0.482 e. The summed E-state index contributed by atoms with van der Waals surface area (Å²) in [6, 6.07) is 17.4. The van der Waals surface area contributed by atoms with E-state index in [0.717, 1.165) is 5.56 Å². The van der Waals surface area contributed by atoms with E-state index in [9.17, 15) is 4.79 Å². The summed E-state index contributed by atoms with van der Waals surface area (Å²) in [5.41, 5.74) is 1.08. The number of fused-ring (bicyclic) bond motifs is 1. The molecule has 0 N–H and O–H groups in total. The van der Waals surface area contributed by atoms with Crippen LogP contribution in [0.15, 0.2) is 54.6 Å². The lowest BCUT2D eigenvalue weighted by molar-refractivity contribution is -0.151. The number of morpholine rings is 1. The number of carbonyl (C=O) groups is 1. The Balaban J connectivity index is 1.49. The van der Waals surface area contributed by atoms with Crippen molar-refractivity contribution in [2.75, 3.05) is 19.7 Å². The molecule has 0 saturated carbocycles. The van der Waals surface area contributed by atoms with Gasteiger partial charge in [0.1, 0.15) is 12.2 Å². The van der Waals surface area contributed by atoms with Gasteiger partial charge in [0.2, 0.25) is 6.10 Å². The van der Waals surface area contributed by atoms with E-state index in [2.05, 4.69) is 0 Å². The smallest absolute Gasteiger partial charge is 0.267 e. The van der Waals surface area contributed by atoms with Gasteiger partial charge in [0.15, 0.2) is 11.5 Å². The normalized spacial score (nSPS) is 25.5. The van der Waals surface area contributed by atoms with Gasteiger partial charge in [0.05, 0.1) is 13.2 Å². The van der Waals surface area contributed by atoms with Crippen molar-refractivity contribution in [2.24, 2.45) is 0 Å². The van der Waals surface area contributed by atoms with Crippen molar-refractivity contribution < 1.29 is 19.0 Å². The molecule has 3 atom stereocenters. The fourth-order valence-electron chi connectivity index (χ4n) is 3.29. The van der Waals surface area contributed by atoms with Crippen LogP contribution in [-0.4, -0.2) is 42.7 Å². The highest BCUT2D eigenvalue weighted by atomic mass is 16.6. The first-order valence-corrected chi connectivity index (χ1v) is 8.60. The molecule has 5 heteroatoms. The summed E-state index contributed by atoms with van der Waals surface area (Å²) in [6.07, 6.45) is -1.07. The maximum absolute atomic E-state index is 13.0. The Morgan fingerprint density at radius 1 is 1.00 bits per heavy atom. The standard InChI is InChI=1S/C20H21NO4/c1-14-19(25-17-10-6-5-9-16(17)24-14)20(22)21-11-12-23-18(13-21)15-7-3-2-4-8-15/h2-10,14,18-19H,11-13H2,1H3. The summed E-state index contributed by atoms with van der Waals surface area (Å²) in [5, 5.41) is 0. The molecule has 2 aromatic carbocycles. The second-order valence-corrected chi connectivity index (χ2v) is 6.36. The number of amides is 1. The Morgan fingerprint density at radius 3 is 2.44 bits per heavy atom. The molecule has 1 fully saturated rings. The van der Waals surface area contributed by atoms with Gasteiger partial charge in [-0.3, -0.25) is 4.79 Å². The fraction of sp³-hybridized carbons (Fsp3) is 0.350. The highest BCUT2D eigenvalue weighted by molar-refractivity contribution is 5.82. The molecule has 1 saturated heterocycles. The lowest BCUT2D eigenvalue weighted by Gasteiger charge is -2.38. The quantitative estimate of drug-likeness (QED) is 0.844. The lowest BCUT2D eigenvalue weighted by Crippen LogP contribution is -2.53. The highest BCUT2D eigenvalue weighted by Gasteiger charge is 2.38. The number of nitrogens with zero attached hydrogens (tertiary/aromatic N) is 1. The molecule has 2 aliphatic heterocycles. The number of carbonyl (C=O) groups excluding carboxylic acids is 1. The molecule has 25 heavy (non-hydrogen) atoms. The van der Waals surface area contributed by atoms with Gasteiger partial charge in [-0.1, -0.05) is 42.5 Å². The predicted molar refractivity (Wildman–Crippen MR) is 92.7 cm³/mol. The van der Waals surface area contributed by atoms with E-state index in [-0.39, 0.29) is 18.1 Å². The third-order valence-corrected chi connectivity index (χ3v) is 4.64. The molecule has 2 heterocycles. The van der Waals surface area contributed by atoms with Crippen molar-refractivity contribution in [3.8, 4) is 11.5 Å². The number of benzene rings is 2. The molecule has 5 nitrogen and oxygen atoms in total. The van der Waals surface area contributed by atoms with Crippen molar-refractivity contribution >= 4 is 5.91 Å². The van der Waals surface area contributed by atoms with E-state index in [1.165, 1.54) is 0 Å². The monoisotopic (exact) mass is 339 g/mol. The SMILES string of the molecule is CC1Oc2ccccc2OC1C(=O)N1CCOC(c2ccccc2)C1. The molecule has 130 valence electrons. The van der Waals surface area contributed by atoms with Crippen LogP contribution in [0.2, 0.25) is 0 Å². The second kappa shape index (κ2) is 6.76. The van der Waals surface area contributed by atoms with Gasteiger partial charge < -0.3 is 19.1 Å². The third-order valence-electron chi connectivity index (χ3n) is 4.64. The zero-order valence-corrected chi connectivity index (χ0v) is 14.1. The largest absolute Gasteiger partial charge is 0.482 e. The molecular weight excluding hydrogens is 318 g/mol. The Morgan fingerprint density at radius 2 is 1.68 bits per heavy atom. The molecule has 0 radical (unpaired) electrons. The molecule has 1 amide bonds. The van der Waals surface area contributed by atoms with Crippen molar-refractivity contribution in [3.63, 3.8) is 0 Å². The Kier molecular flexibility index (Phi) is 4.32. The molecule has 4 rings (SSSR count). The lowest BCUT2D eigenvalue weighted by atomic mass is 10.1. The van der Waals surface area contributed by atoms with Gasteiger partial charge in [-0.2, -0.15) is 0 Å². The average molecular weight is 339 g/mol. The van der Waals surface area contributed by atoms with E-state index in [1.807, 2.05) is 66.4 Å². The van der Waals surface area contributed by atoms with Crippen LogP contribution in [0.4, 0.5) is 0 Å². The molecular formula is C20H21NO4. The van der Waals surface area contributed by atoms with Gasteiger partial charge in [0.25, 0.3) is 5.91 Å². The van der Waals surface area contributed by atoms with Gasteiger partial charge in [-0.25, -0.2) is 0 Å². The van der Waals surface area contributed by atoms with Crippen LogP contribution < -0.4 is 9.47 Å². The molecule has 0 aliphatic carbocycles. The zero-order chi connectivity index (χ0) is 17.2. The maximum Gasteiger partial charge on any atom is 0.267 e. The van der Waals surface area contributed by atoms with Gasteiger partial charge >= 0.3 is 0 Å². The number of rotatable bonds is 2. The van der Waals surface area contributed by atoms with Crippen LogP contribution >= 0.6 is 0 Å². The van der Waals surface area contributed by atoms with Gasteiger partial charge in [0, 0.05) is 6.54 Å². The first-order chi connectivity index (χ1) is 12.2. The van der Waals surface area contributed by atoms with Crippen LogP contribution in [0.5, 0.6) is 11.5 Å². The average Bonchev–Trinajstić information content (AvgIpc) is 2.68. The van der Waals surface area contributed by atoms with Crippen LogP contribution in [0.1, 0.15) is 18.6 Å². The summed E-state index contributed by atoms with van der Waals surface area (Å²) in [5.74, 6) is 1.25. The Bertz CT molecular complexity index is 748. The van der Waals surface area contributed by atoms with E-state index in [1.54, 1.807) is 0 Å². The highest BCUT2D eigenvalue weighted by Crippen LogP contribution is 2.34. The first-order valence-electron chi connectivity index (χ1n) is 8.60. The van der Waals surface area contributed by atoms with Crippen molar-refractivity contribution in [1.82, 2.24) is 4.90 Å². The topological polar surface area (TPSA) is 48.0 Å². The zero-order valence-electron chi connectivity index (χ0n) is 14.1. The molecule has 0 spiro atoms. The number of ether oxygens (including phenoxy) is 3. The first kappa shape index (κ1) is 16.0. The molecule has 0 bridgehead atoms. The van der Waals surface area contributed by atoms with Crippen molar-refractivity contribution in [2.45, 2.75) is 25.2 Å². The number of para-hydroxylation sites is 2. The maximum atomic E-state index is 13.0. The summed E-state index contributed by atoms with van der Waals surface area (Å²) in [7, 11) is 0. The van der Waals surface area contributed by atoms with Gasteiger partial charge in [-0.05, 0) is 24.6 Å². The van der Waals surface area contributed by atoms with Crippen LogP contribution in [0, 0.1) is 0 Å².